The summed E-state index contributed by atoms with van der Waals surface area (Å²) in [5.41, 5.74) is 2.18. The van der Waals surface area contributed by atoms with Crippen molar-refractivity contribution in [2.75, 3.05) is 11.9 Å². The van der Waals surface area contributed by atoms with Gasteiger partial charge in [0, 0.05) is 17.6 Å². The van der Waals surface area contributed by atoms with Gasteiger partial charge in [0.1, 0.15) is 16.8 Å². The Hall–Kier alpha value is -3.67. The molecule has 1 amide bonds. The zero-order chi connectivity index (χ0) is 20.4. The molecule has 2 aromatic carbocycles. The highest BCUT2D eigenvalue weighted by atomic mass is 16.5. The minimum Gasteiger partial charge on any atom is -0.491 e. The van der Waals surface area contributed by atoms with Gasteiger partial charge in [-0.1, -0.05) is 19.1 Å². The van der Waals surface area contributed by atoms with E-state index in [0.29, 0.717) is 34.5 Å². The molecule has 4 rings (SSSR count). The van der Waals surface area contributed by atoms with Crippen LogP contribution in [0.4, 0.5) is 5.69 Å². The van der Waals surface area contributed by atoms with Crippen LogP contribution in [0.1, 0.15) is 29.5 Å². The first-order valence-electron chi connectivity index (χ1n) is 9.44. The van der Waals surface area contributed by atoms with Crippen LogP contribution in [0.3, 0.4) is 0 Å². The maximum Gasteiger partial charge on any atom is 0.291 e. The largest absolute Gasteiger partial charge is 0.491 e. The van der Waals surface area contributed by atoms with Crippen molar-refractivity contribution >= 4 is 33.5 Å². The second-order valence-corrected chi connectivity index (χ2v) is 6.74. The van der Waals surface area contributed by atoms with E-state index in [1.54, 1.807) is 36.5 Å². The summed E-state index contributed by atoms with van der Waals surface area (Å²) in [5.74, 6) is 0.119. The molecule has 6 nitrogen and oxygen atoms in total. The molecule has 4 aromatic rings. The molecule has 0 bridgehead atoms. The Morgan fingerprint density at radius 3 is 2.79 bits per heavy atom. The van der Waals surface area contributed by atoms with E-state index in [4.69, 9.17) is 9.15 Å². The lowest BCUT2D eigenvalue weighted by Gasteiger charge is -2.12. The molecule has 0 unspecified atom stereocenters. The molecule has 0 fully saturated rings. The van der Waals surface area contributed by atoms with E-state index in [1.807, 2.05) is 26.0 Å². The second kappa shape index (κ2) is 7.75. The van der Waals surface area contributed by atoms with E-state index in [9.17, 15) is 9.59 Å². The Balaban J connectivity index is 1.72. The van der Waals surface area contributed by atoms with Gasteiger partial charge in [0.25, 0.3) is 5.91 Å². The van der Waals surface area contributed by atoms with Crippen molar-refractivity contribution in [2.24, 2.45) is 0 Å². The number of nitrogens with zero attached hydrogens (tertiary/aromatic N) is 1. The van der Waals surface area contributed by atoms with Gasteiger partial charge in [0.05, 0.1) is 17.7 Å². The van der Waals surface area contributed by atoms with Crippen LogP contribution in [0.25, 0.3) is 21.9 Å². The normalized spacial score (nSPS) is 11.0. The van der Waals surface area contributed by atoms with E-state index in [2.05, 4.69) is 10.3 Å². The molecule has 2 aromatic heterocycles. The molecule has 0 aliphatic rings. The van der Waals surface area contributed by atoms with Gasteiger partial charge >= 0.3 is 0 Å². The van der Waals surface area contributed by atoms with E-state index >= 15 is 0 Å². The zero-order valence-electron chi connectivity index (χ0n) is 16.2. The Morgan fingerprint density at radius 1 is 1.14 bits per heavy atom. The smallest absolute Gasteiger partial charge is 0.291 e. The van der Waals surface area contributed by atoms with Crippen molar-refractivity contribution in [3.8, 4) is 5.75 Å². The summed E-state index contributed by atoms with van der Waals surface area (Å²) in [6.07, 6.45) is 2.56. The summed E-state index contributed by atoms with van der Waals surface area (Å²) in [4.78, 5) is 29.6. The average Bonchev–Trinajstić information content (AvgIpc) is 2.73. The van der Waals surface area contributed by atoms with Gasteiger partial charge < -0.3 is 14.5 Å². The van der Waals surface area contributed by atoms with Gasteiger partial charge in [0.2, 0.25) is 0 Å². The summed E-state index contributed by atoms with van der Waals surface area (Å²) in [6, 6.07) is 13.7. The molecule has 146 valence electrons. The number of carbonyl (C=O) groups excluding carboxylic acids is 1. The highest BCUT2D eigenvalue weighted by Crippen LogP contribution is 2.30. The number of hydrogen-bond acceptors (Lipinski definition) is 5. The summed E-state index contributed by atoms with van der Waals surface area (Å²) in [6.45, 7) is 4.45. The number of nitrogens with one attached hydrogen (secondary N) is 1. The minimum absolute atomic E-state index is 0.0415. The molecule has 0 aliphatic heterocycles. The third-order valence-corrected chi connectivity index (χ3v) is 4.62. The number of anilines is 1. The number of amides is 1. The van der Waals surface area contributed by atoms with Gasteiger partial charge in [-0.3, -0.25) is 14.6 Å². The number of benzene rings is 2. The zero-order valence-corrected chi connectivity index (χ0v) is 16.2. The fourth-order valence-corrected chi connectivity index (χ4v) is 3.20. The topological polar surface area (TPSA) is 81.4 Å². The molecule has 0 atom stereocenters. The fourth-order valence-electron chi connectivity index (χ4n) is 3.20. The first-order valence-corrected chi connectivity index (χ1v) is 9.44. The molecule has 0 saturated carbocycles. The number of hydrogen-bond donors (Lipinski definition) is 1. The quantitative estimate of drug-likeness (QED) is 0.536. The predicted octanol–water partition coefficient (Wildman–Crippen LogP) is 4.69. The maximum absolute atomic E-state index is 12.8. The molecule has 6 heteroatoms. The van der Waals surface area contributed by atoms with Crippen LogP contribution in [-0.4, -0.2) is 17.5 Å². The summed E-state index contributed by atoms with van der Waals surface area (Å²) >= 11 is 0. The van der Waals surface area contributed by atoms with Gasteiger partial charge in [-0.25, -0.2) is 0 Å². The number of fused-ring (bicyclic) bond motifs is 2. The average molecular weight is 388 g/mol. The Morgan fingerprint density at radius 2 is 1.97 bits per heavy atom. The van der Waals surface area contributed by atoms with Crippen molar-refractivity contribution in [1.29, 1.82) is 0 Å². The van der Waals surface area contributed by atoms with E-state index in [0.717, 1.165) is 17.4 Å². The van der Waals surface area contributed by atoms with Crippen LogP contribution in [0, 0.1) is 6.92 Å². The fraction of sp³-hybridized carbons (Fsp3) is 0.174. The molecule has 0 aliphatic carbocycles. The summed E-state index contributed by atoms with van der Waals surface area (Å²) < 4.78 is 11.5. The summed E-state index contributed by atoms with van der Waals surface area (Å²) in [5, 5.41) is 4.03. The van der Waals surface area contributed by atoms with Crippen molar-refractivity contribution in [1.82, 2.24) is 4.98 Å². The lowest BCUT2D eigenvalue weighted by atomic mass is 10.1. The van der Waals surface area contributed by atoms with Gasteiger partial charge in [-0.05, 0) is 49.2 Å². The molecule has 0 radical (unpaired) electrons. The second-order valence-electron chi connectivity index (χ2n) is 6.74. The van der Waals surface area contributed by atoms with Crippen molar-refractivity contribution in [3.63, 3.8) is 0 Å². The highest BCUT2D eigenvalue weighted by molar-refractivity contribution is 6.08. The molecule has 1 N–H and O–H groups in total. The molecule has 0 spiro atoms. The van der Waals surface area contributed by atoms with Gasteiger partial charge in [0.15, 0.2) is 11.2 Å². The van der Waals surface area contributed by atoms with Crippen LogP contribution in [0.5, 0.6) is 5.75 Å². The van der Waals surface area contributed by atoms with Gasteiger partial charge in [-0.2, -0.15) is 0 Å². The SMILES string of the molecule is CCCOc1ccc(NC(=O)c2cc(=O)c3cccc(C)c3o2)c2cccnc12. The van der Waals surface area contributed by atoms with E-state index in [1.165, 1.54) is 6.07 Å². The van der Waals surface area contributed by atoms with Crippen molar-refractivity contribution < 1.29 is 13.9 Å². The number of carbonyl (C=O) groups is 1. The highest BCUT2D eigenvalue weighted by Gasteiger charge is 2.16. The Kier molecular flexibility index (Phi) is 4.99. The van der Waals surface area contributed by atoms with E-state index in [-0.39, 0.29) is 11.2 Å². The third-order valence-electron chi connectivity index (χ3n) is 4.62. The summed E-state index contributed by atoms with van der Waals surface area (Å²) in [7, 11) is 0. The van der Waals surface area contributed by atoms with Crippen LogP contribution < -0.4 is 15.5 Å². The molecule has 29 heavy (non-hydrogen) atoms. The van der Waals surface area contributed by atoms with Gasteiger partial charge in [-0.15, -0.1) is 0 Å². The number of rotatable bonds is 5. The van der Waals surface area contributed by atoms with Crippen molar-refractivity contribution in [3.05, 3.63) is 76.3 Å². The third kappa shape index (κ3) is 3.57. The lowest BCUT2D eigenvalue weighted by molar-refractivity contribution is 0.0997. The number of aromatic nitrogens is 1. The molecule has 2 heterocycles. The first-order chi connectivity index (χ1) is 14.1. The maximum atomic E-state index is 12.8. The number of pyridine rings is 1. The number of ether oxygens (including phenoxy) is 1. The monoisotopic (exact) mass is 388 g/mol. The standard InChI is InChI=1S/C23H20N2O4/c1-3-12-28-19-10-9-17(15-8-5-11-24-21(15)19)25-23(27)20-13-18(26)16-7-4-6-14(2)22(16)29-20/h4-11,13H,3,12H2,1-2H3,(H,25,27). The molecular formula is C23H20N2O4. The predicted molar refractivity (Wildman–Crippen MR) is 113 cm³/mol. The Labute approximate surface area is 167 Å². The lowest BCUT2D eigenvalue weighted by Crippen LogP contribution is -2.15. The molecule has 0 saturated heterocycles. The van der Waals surface area contributed by atoms with Crippen LogP contribution in [0.2, 0.25) is 0 Å². The van der Waals surface area contributed by atoms with E-state index < -0.39 is 5.91 Å². The van der Waals surface area contributed by atoms with Crippen LogP contribution in [0.15, 0.2) is 63.9 Å². The number of para-hydroxylation sites is 1. The van der Waals surface area contributed by atoms with Crippen LogP contribution in [-0.2, 0) is 0 Å². The minimum atomic E-state index is -0.500. The first kappa shape index (κ1) is 18.7. The molecular weight excluding hydrogens is 368 g/mol. The van der Waals surface area contributed by atoms with Crippen LogP contribution >= 0.6 is 0 Å². The number of aryl methyl sites for hydroxylation is 1. The Bertz CT molecular complexity index is 1280. The van der Waals surface area contributed by atoms with Crippen molar-refractivity contribution in [2.45, 2.75) is 20.3 Å².